The molecule has 1 unspecified atom stereocenters. The quantitative estimate of drug-likeness (QED) is 0.880. The Bertz CT molecular complexity index is 580. The Hall–Kier alpha value is -2.03. The van der Waals surface area contributed by atoms with Crippen LogP contribution in [0.3, 0.4) is 0 Å². The highest BCUT2D eigenvalue weighted by Gasteiger charge is 2.20. The van der Waals surface area contributed by atoms with Gasteiger partial charge in [-0.3, -0.25) is 0 Å². The van der Waals surface area contributed by atoms with Crippen molar-refractivity contribution in [3.8, 4) is 5.75 Å². The summed E-state index contributed by atoms with van der Waals surface area (Å²) in [6.45, 7) is 2.83. The summed E-state index contributed by atoms with van der Waals surface area (Å²) < 4.78 is 18.9. The zero-order chi connectivity index (χ0) is 13.2. The molecule has 1 N–H and O–H groups in total. The minimum absolute atomic E-state index is 0.0689. The summed E-state index contributed by atoms with van der Waals surface area (Å²) in [5, 5.41) is 3.38. The molecule has 0 radical (unpaired) electrons. The third kappa shape index (κ3) is 2.41. The molecule has 2 aromatic rings. The predicted octanol–water partition coefficient (Wildman–Crippen LogP) is 3.93. The zero-order valence-corrected chi connectivity index (χ0v) is 10.8. The predicted molar refractivity (Wildman–Crippen MR) is 74.1 cm³/mol. The van der Waals surface area contributed by atoms with Crippen LogP contribution in [0.25, 0.3) is 0 Å². The molecule has 0 aliphatic carbocycles. The van der Waals surface area contributed by atoms with Gasteiger partial charge in [-0.1, -0.05) is 25.1 Å². The van der Waals surface area contributed by atoms with E-state index in [0.717, 1.165) is 23.4 Å². The molecule has 2 aromatic carbocycles. The van der Waals surface area contributed by atoms with Crippen molar-refractivity contribution in [2.45, 2.75) is 19.4 Å². The summed E-state index contributed by atoms with van der Waals surface area (Å²) >= 11 is 0. The molecule has 0 saturated carbocycles. The lowest BCUT2D eigenvalue weighted by Gasteiger charge is -2.28. The monoisotopic (exact) mass is 257 g/mol. The molecule has 0 spiro atoms. The maximum atomic E-state index is 12.9. The molecule has 1 aliphatic heterocycles. The van der Waals surface area contributed by atoms with E-state index >= 15 is 0 Å². The van der Waals surface area contributed by atoms with Gasteiger partial charge in [-0.05, 0) is 41.8 Å². The first-order valence-electron chi connectivity index (χ1n) is 6.55. The van der Waals surface area contributed by atoms with Gasteiger partial charge in [-0.2, -0.15) is 0 Å². The van der Waals surface area contributed by atoms with Gasteiger partial charge in [0.15, 0.2) is 0 Å². The largest absolute Gasteiger partial charge is 0.482 e. The van der Waals surface area contributed by atoms with Gasteiger partial charge in [0.05, 0.1) is 12.2 Å². The molecule has 19 heavy (non-hydrogen) atoms. The van der Waals surface area contributed by atoms with Crippen LogP contribution in [-0.4, -0.2) is 6.54 Å². The van der Waals surface area contributed by atoms with Gasteiger partial charge in [0.25, 0.3) is 0 Å². The van der Waals surface area contributed by atoms with E-state index in [-0.39, 0.29) is 11.9 Å². The highest BCUT2D eigenvalue weighted by atomic mass is 19.1. The summed E-state index contributed by atoms with van der Waals surface area (Å²) in [6.07, 6.45) is 0.941. The fourth-order valence-corrected chi connectivity index (χ4v) is 2.30. The molecular formula is C16H16FNO. The second-order valence-electron chi connectivity index (χ2n) is 4.72. The van der Waals surface area contributed by atoms with Crippen LogP contribution in [0.2, 0.25) is 0 Å². The fourth-order valence-electron chi connectivity index (χ4n) is 2.30. The second kappa shape index (κ2) is 4.92. The van der Waals surface area contributed by atoms with Crippen molar-refractivity contribution in [3.63, 3.8) is 0 Å². The van der Waals surface area contributed by atoms with Crippen molar-refractivity contribution in [3.05, 3.63) is 59.4 Å². The molecular weight excluding hydrogens is 241 g/mol. The van der Waals surface area contributed by atoms with Crippen LogP contribution in [-0.2, 0) is 6.42 Å². The minimum atomic E-state index is -0.222. The summed E-state index contributed by atoms with van der Waals surface area (Å²) in [6, 6.07) is 12.7. The Labute approximate surface area is 112 Å². The Kier molecular flexibility index (Phi) is 3.11. The maximum Gasteiger partial charge on any atom is 0.143 e. The lowest BCUT2D eigenvalue weighted by atomic mass is 10.1. The molecule has 3 rings (SSSR count). The average Bonchev–Trinajstić information content (AvgIpc) is 2.47. The van der Waals surface area contributed by atoms with Gasteiger partial charge in [0, 0.05) is 0 Å². The van der Waals surface area contributed by atoms with Crippen molar-refractivity contribution in [2.75, 3.05) is 11.9 Å². The van der Waals surface area contributed by atoms with Crippen molar-refractivity contribution in [2.24, 2.45) is 0 Å². The molecule has 0 amide bonds. The maximum absolute atomic E-state index is 12.9. The fraction of sp³-hybridized carbons (Fsp3) is 0.250. The number of anilines is 1. The van der Waals surface area contributed by atoms with Gasteiger partial charge in [0.2, 0.25) is 0 Å². The van der Waals surface area contributed by atoms with E-state index in [1.807, 2.05) is 6.07 Å². The van der Waals surface area contributed by atoms with Gasteiger partial charge in [-0.25, -0.2) is 4.39 Å². The van der Waals surface area contributed by atoms with E-state index in [1.54, 1.807) is 12.1 Å². The normalized spacial score (nSPS) is 17.3. The third-order valence-electron chi connectivity index (χ3n) is 3.44. The van der Waals surface area contributed by atoms with Crippen LogP contribution >= 0.6 is 0 Å². The van der Waals surface area contributed by atoms with E-state index in [0.29, 0.717) is 6.54 Å². The number of halogens is 1. The zero-order valence-electron chi connectivity index (χ0n) is 10.8. The number of ether oxygens (including phenoxy) is 1. The molecule has 2 nitrogen and oxygen atoms in total. The first-order valence-corrected chi connectivity index (χ1v) is 6.55. The number of aryl methyl sites for hydroxylation is 1. The van der Waals surface area contributed by atoms with Crippen LogP contribution in [0.15, 0.2) is 42.5 Å². The van der Waals surface area contributed by atoms with Gasteiger partial charge in [0.1, 0.15) is 17.7 Å². The summed E-state index contributed by atoms with van der Waals surface area (Å²) in [5.74, 6) is 0.637. The average molecular weight is 257 g/mol. The van der Waals surface area contributed by atoms with E-state index in [1.165, 1.54) is 17.7 Å². The van der Waals surface area contributed by atoms with Crippen molar-refractivity contribution in [1.82, 2.24) is 0 Å². The molecule has 1 aliphatic rings. The number of rotatable bonds is 2. The lowest BCUT2D eigenvalue weighted by Crippen LogP contribution is -2.23. The first kappa shape index (κ1) is 12.0. The topological polar surface area (TPSA) is 21.3 Å². The third-order valence-corrected chi connectivity index (χ3v) is 3.44. The first-order chi connectivity index (χ1) is 9.26. The Morgan fingerprint density at radius 1 is 1.21 bits per heavy atom. The van der Waals surface area contributed by atoms with Crippen LogP contribution in [0.1, 0.15) is 24.2 Å². The summed E-state index contributed by atoms with van der Waals surface area (Å²) in [4.78, 5) is 0. The van der Waals surface area contributed by atoms with Crippen LogP contribution < -0.4 is 10.1 Å². The van der Waals surface area contributed by atoms with Crippen LogP contribution in [0.5, 0.6) is 5.75 Å². The molecule has 0 aromatic heterocycles. The van der Waals surface area contributed by atoms with Crippen LogP contribution in [0.4, 0.5) is 10.1 Å². The Balaban J connectivity index is 1.84. The molecule has 98 valence electrons. The van der Waals surface area contributed by atoms with E-state index < -0.39 is 0 Å². The standard InChI is InChI=1S/C16H16FNO/c1-2-11-3-8-15-14(9-11)18-10-16(19-15)12-4-6-13(17)7-5-12/h3-9,16,18H,2,10H2,1H3. The molecule has 3 heteroatoms. The molecule has 1 heterocycles. The van der Waals surface area contributed by atoms with Gasteiger partial charge < -0.3 is 10.1 Å². The number of benzene rings is 2. The van der Waals surface area contributed by atoms with E-state index in [9.17, 15) is 4.39 Å². The molecule has 1 atom stereocenters. The highest BCUT2D eigenvalue weighted by molar-refractivity contribution is 5.60. The number of fused-ring (bicyclic) bond motifs is 1. The molecule has 0 saturated heterocycles. The summed E-state index contributed by atoms with van der Waals surface area (Å²) in [7, 11) is 0. The van der Waals surface area contributed by atoms with Gasteiger partial charge >= 0.3 is 0 Å². The smallest absolute Gasteiger partial charge is 0.143 e. The number of hydrogen-bond donors (Lipinski definition) is 1. The lowest BCUT2D eigenvalue weighted by molar-refractivity contribution is 0.210. The molecule has 0 bridgehead atoms. The SMILES string of the molecule is CCc1ccc2c(c1)NCC(c1ccc(F)cc1)O2. The molecule has 0 fully saturated rings. The Morgan fingerprint density at radius 3 is 2.74 bits per heavy atom. The van der Waals surface area contributed by atoms with Crippen LogP contribution in [0, 0.1) is 5.82 Å². The van der Waals surface area contributed by atoms with E-state index in [4.69, 9.17) is 4.74 Å². The second-order valence-corrected chi connectivity index (χ2v) is 4.72. The van der Waals surface area contributed by atoms with Crippen molar-refractivity contribution in [1.29, 1.82) is 0 Å². The van der Waals surface area contributed by atoms with Crippen molar-refractivity contribution >= 4 is 5.69 Å². The number of hydrogen-bond acceptors (Lipinski definition) is 2. The van der Waals surface area contributed by atoms with Gasteiger partial charge in [-0.15, -0.1) is 0 Å². The number of nitrogens with one attached hydrogen (secondary N) is 1. The minimum Gasteiger partial charge on any atom is -0.482 e. The Morgan fingerprint density at radius 2 is 2.00 bits per heavy atom. The van der Waals surface area contributed by atoms with Crippen molar-refractivity contribution < 1.29 is 9.13 Å². The van der Waals surface area contributed by atoms with E-state index in [2.05, 4.69) is 24.4 Å². The summed E-state index contributed by atoms with van der Waals surface area (Å²) in [5.41, 5.74) is 3.31. The highest BCUT2D eigenvalue weighted by Crippen LogP contribution is 2.34.